The highest BCUT2D eigenvalue weighted by Crippen LogP contribution is 2.23. The minimum absolute atomic E-state index is 0.136. The first-order chi connectivity index (χ1) is 14.4. The predicted molar refractivity (Wildman–Crippen MR) is 106 cm³/mol. The van der Waals surface area contributed by atoms with Crippen molar-refractivity contribution in [2.24, 2.45) is 0 Å². The van der Waals surface area contributed by atoms with E-state index in [0.717, 1.165) is 0 Å². The third-order valence-corrected chi connectivity index (χ3v) is 4.79. The number of likely N-dealkylation sites (tertiary alicyclic amines) is 1. The van der Waals surface area contributed by atoms with Gasteiger partial charge in [0.25, 0.3) is 5.91 Å². The summed E-state index contributed by atoms with van der Waals surface area (Å²) in [5.41, 5.74) is 0.288. The Balaban J connectivity index is 1.72. The molecule has 0 radical (unpaired) electrons. The predicted octanol–water partition coefficient (Wildman–Crippen LogP) is 0.972. The fraction of sp³-hybridized carbons (Fsp3) is 0.190. The number of carbonyl (C=O) groups excluding carboxylic acids is 1. The minimum atomic E-state index is -1.69. The molecule has 0 spiro atoms. The Morgan fingerprint density at radius 1 is 1.27 bits per heavy atom. The van der Waals surface area contributed by atoms with Gasteiger partial charge in [-0.25, -0.2) is 19.4 Å². The fourth-order valence-electron chi connectivity index (χ4n) is 3.15. The van der Waals surface area contributed by atoms with Crippen molar-refractivity contribution in [1.82, 2.24) is 24.6 Å². The van der Waals surface area contributed by atoms with Crippen LogP contribution in [0.5, 0.6) is 0 Å². The maximum Gasteiger partial charge on any atom is 0.354 e. The normalized spacial score (nSPS) is 18.2. The molecule has 3 heterocycles. The maximum absolute atomic E-state index is 12.1. The van der Waals surface area contributed by atoms with Gasteiger partial charge in [0.15, 0.2) is 5.69 Å². The van der Waals surface area contributed by atoms with Crippen LogP contribution in [0.1, 0.15) is 22.5 Å². The van der Waals surface area contributed by atoms with Crippen LogP contribution in [0.2, 0.25) is 0 Å². The van der Waals surface area contributed by atoms with Crippen LogP contribution in [0.4, 0.5) is 0 Å². The lowest BCUT2D eigenvalue weighted by atomic mass is 10.0. The Labute approximate surface area is 171 Å². The number of aliphatic hydroxyl groups is 1. The van der Waals surface area contributed by atoms with Gasteiger partial charge in [0.05, 0.1) is 11.4 Å². The SMILES string of the molecule is CN1CC[C@@](O)(C#Cc2cccc(-c3cc(-n4cncn4)cc(C(=O)O)n3)c2)C1=O. The first-order valence-corrected chi connectivity index (χ1v) is 9.08. The molecule has 1 aliphatic heterocycles. The van der Waals surface area contributed by atoms with Gasteiger partial charge in [0.2, 0.25) is 5.60 Å². The van der Waals surface area contributed by atoms with Crippen LogP contribution >= 0.6 is 0 Å². The third-order valence-electron chi connectivity index (χ3n) is 4.79. The number of carboxylic acids is 1. The standard InChI is InChI=1S/C21H17N5O4/c1-25-8-7-21(30,20(25)29)6-5-14-3-2-4-15(9-14)17-10-16(26-13-22-12-23-26)11-18(24-17)19(27)28/h2-4,9-13,30H,7-8H2,1H3,(H,27,28)/t21-/m0/s1. The van der Waals surface area contributed by atoms with Crippen molar-refractivity contribution < 1.29 is 19.8 Å². The smallest absolute Gasteiger partial charge is 0.354 e. The molecule has 0 bridgehead atoms. The molecular weight excluding hydrogens is 386 g/mol. The molecule has 0 aliphatic carbocycles. The van der Waals surface area contributed by atoms with Gasteiger partial charge >= 0.3 is 5.97 Å². The zero-order valence-corrected chi connectivity index (χ0v) is 16.0. The molecule has 0 unspecified atom stereocenters. The summed E-state index contributed by atoms with van der Waals surface area (Å²) in [4.78, 5) is 33.1. The number of aromatic nitrogens is 4. The second kappa shape index (κ2) is 7.42. The second-order valence-electron chi connectivity index (χ2n) is 6.91. The fourth-order valence-corrected chi connectivity index (χ4v) is 3.15. The van der Waals surface area contributed by atoms with Gasteiger partial charge in [0, 0.05) is 31.1 Å². The topological polar surface area (TPSA) is 121 Å². The van der Waals surface area contributed by atoms with E-state index in [1.54, 1.807) is 37.4 Å². The van der Waals surface area contributed by atoms with Gasteiger partial charge < -0.3 is 15.1 Å². The van der Waals surface area contributed by atoms with Gasteiger partial charge in [0.1, 0.15) is 12.7 Å². The lowest BCUT2D eigenvalue weighted by Gasteiger charge is -2.13. The van der Waals surface area contributed by atoms with Crippen LogP contribution in [-0.4, -0.2) is 65.9 Å². The molecule has 9 heteroatoms. The van der Waals surface area contributed by atoms with E-state index in [1.165, 1.54) is 28.3 Å². The number of carboxylic acid groups (broad SMARTS) is 1. The number of amides is 1. The molecule has 150 valence electrons. The summed E-state index contributed by atoms with van der Waals surface area (Å²) in [6.45, 7) is 0.445. The summed E-state index contributed by atoms with van der Waals surface area (Å²) in [6, 6.07) is 10.1. The lowest BCUT2D eigenvalue weighted by molar-refractivity contribution is -0.137. The van der Waals surface area contributed by atoms with Crippen molar-refractivity contribution in [2.75, 3.05) is 13.6 Å². The number of pyridine rings is 1. The van der Waals surface area contributed by atoms with E-state index in [4.69, 9.17) is 0 Å². The molecular formula is C21H17N5O4. The van der Waals surface area contributed by atoms with Crippen molar-refractivity contribution in [3.05, 3.63) is 60.3 Å². The van der Waals surface area contributed by atoms with E-state index < -0.39 is 17.5 Å². The van der Waals surface area contributed by atoms with E-state index in [2.05, 4.69) is 26.9 Å². The van der Waals surface area contributed by atoms with Gasteiger partial charge in [-0.1, -0.05) is 24.0 Å². The molecule has 30 heavy (non-hydrogen) atoms. The molecule has 9 nitrogen and oxygen atoms in total. The zero-order valence-electron chi connectivity index (χ0n) is 16.0. The van der Waals surface area contributed by atoms with E-state index in [-0.39, 0.29) is 12.1 Å². The Morgan fingerprint density at radius 3 is 2.77 bits per heavy atom. The Kier molecular flexibility index (Phi) is 4.77. The number of likely N-dealkylation sites (N-methyl/N-ethyl adjacent to an activating group) is 1. The highest BCUT2D eigenvalue weighted by molar-refractivity contribution is 5.90. The third kappa shape index (κ3) is 3.64. The highest BCUT2D eigenvalue weighted by atomic mass is 16.4. The van der Waals surface area contributed by atoms with E-state index in [9.17, 15) is 19.8 Å². The number of nitrogens with zero attached hydrogens (tertiary/aromatic N) is 5. The number of hydrogen-bond acceptors (Lipinski definition) is 6. The minimum Gasteiger partial charge on any atom is -0.477 e. The summed E-state index contributed by atoms with van der Waals surface area (Å²) in [5.74, 6) is 3.94. The van der Waals surface area contributed by atoms with E-state index in [1.807, 2.05) is 0 Å². The Hall–Kier alpha value is -4.03. The van der Waals surface area contributed by atoms with E-state index in [0.29, 0.717) is 29.1 Å². The van der Waals surface area contributed by atoms with Crippen molar-refractivity contribution in [1.29, 1.82) is 0 Å². The lowest BCUT2D eigenvalue weighted by Crippen LogP contribution is -2.37. The average molecular weight is 403 g/mol. The molecule has 1 atom stereocenters. The molecule has 1 saturated heterocycles. The molecule has 1 amide bonds. The average Bonchev–Trinajstić information content (AvgIpc) is 3.38. The summed E-state index contributed by atoms with van der Waals surface area (Å²) in [6.07, 6.45) is 3.06. The van der Waals surface area contributed by atoms with Crippen LogP contribution in [0.15, 0.2) is 49.1 Å². The van der Waals surface area contributed by atoms with Crippen molar-refractivity contribution in [2.45, 2.75) is 12.0 Å². The van der Waals surface area contributed by atoms with Gasteiger partial charge in [-0.3, -0.25) is 4.79 Å². The maximum atomic E-state index is 12.1. The first-order valence-electron chi connectivity index (χ1n) is 9.08. The molecule has 2 N–H and O–H groups in total. The molecule has 1 fully saturated rings. The molecule has 0 saturated carbocycles. The van der Waals surface area contributed by atoms with Crippen molar-refractivity contribution in [3.8, 4) is 28.8 Å². The van der Waals surface area contributed by atoms with E-state index >= 15 is 0 Å². The summed E-state index contributed by atoms with van der Waals surface area (Å²) in [5, 5.41) is 23.9. The van der Waals surface area contributed by atoms with Gasteiger partial charge in [-0.15, -0.1) is 0 Å². The molecule has 1 aliphatic rings. The molecule has 4 rings (SSSR count). The van der Waals surface area contributed by atoms with Crippen LogP contribution in [0, 0.1) is 11.8 Å². The number of benzene rings is 1. The van der Waals surface area contributed by atoms with Crippen molar-refractivity contribution in [3.63, 3.8) is 0 Å². The molecule has 3 aromatic rings. The number of carbonyl (C=O) groups is 2. The summed E-state index contributed by atoms with van der Waals surface area (Å²) >= 11 is 0. The second-order valence-corrected chi connectivity index (χ2v) is 6.91. The molecule has 2 aromatic heterocycles. The monoisotopic (exact) mass is 403 g/mol. The van der Waals surface area contributed by atoms with Gasteiger partial charge in [-0.05, 0) is 24.3 Å². The summed E-state index contributed by atoms with van der Waals surface area (Å²) < 4.78 is 1.44. The number of rotatable bonds is 3. The quantitative estimate of drug-likeness (QED) is 0.625. The van der Waals surface area contributed by atoms with Crippen LogP contribution in [-0.2, 0) is 4.79 Å². The number of hydrogen-bond donors (Lipinski definition) is 2. The number of aromatic carboxylic acids is 1. The molecule has 1 aromatic carbocycles. The van der Waals surface area contributed by atoms with Crippen LogP contribution < -0.4 is 0 Å². The highest BCUT2D eigenvalue weighted by Gasteiger charge is 2.42. The Bertz CT molecular complexity index is 1200. The first kappa shape index (κ1) is 19.3. The van der Waals surface area contributed by atoms with Crippen molar-refractivity contribution >= 4 is 11.9 Å². The summed E-state index contributed by atoms with van der Waals surface area (Å²) in [7, 11) is 1.62. The van der Waals surface area contributed by atoms with Crippen LogP contribution in [0.25, 0.3) is 16.9 Å². The van der Waals surface area contributed by atoms with Crippen LogP contribution in [0.3, 0.4) is 0 Å². The zero-order chi connectivity index (χ0) is 21.3. The Morgan fingerprint density at radius 2 is 2.10 bits per heavy atom. The largest absolute Gasteiger partial charge is 0.477 e. The van der Waals surface area contributed by atoms with Gasteiger partial charge in [-0.2, -0.15) is 5.10 Å².